The molecule has 0 bridgehead atoms. The van der Waals surface area contributed by atoms with Gasteiger partial charge in [-0.2, -0.15) is 8.78 Å². The molecule has 0 atom stereocenters. The fraction of sp³-hybridized carbons (Fsp3) is 0.143. The number of ether oxygens (including phenoxy) is 1. The van der Waals surface area contributed by atoms with Crippen LogP contribution in [0.1, 0.15) is 5.56 Å². The maximum absolute atomic E-state index is 12.3. The first kappa shape index (κ1) is 16.7. The Hall–Kier alpha value is -1.67. The Labute approximate surface area is 135 Å². The van der Waals surface area contributed by atoms with Crippen molar-refractivity contribution in [3.05, 3.63) is 52.5 Å². The van der Waals surface area contributed by atoms with E-state index < -0.39 is 16.6 Å². The molecule has 0 saturated carbocycles. The average Bonchev–Trinajstić information content (AvgIpc) is 2.41. The zero-order valence-electron chi connectivity index (χ0n) is 11.4. The molecule has 118 valence electrons. The van der Waals surface area contributed by atoms with E-state index in [0.29, 0.717) is 11.3 Å². The molecule has 2 rings (SSSR count). The molecule has 0 unspecified atom stereocenters. The molecule has 0 aliphatic carbocycles. The van der Waals surface area contributed by atoms with E-state index in [1.54, 1.807) is 19.1 Å². The summed E-state index contributed by atoms with van der Waals surface area (Å²) in [4.78, 5) is 0.100. The predicted octanol–water partition coefficient (Wildman–Crippen LogP) is 4.16. The quantitative estimate of drug-likeness (QED) is 0.832. The van der Waals surface area contributed by atoms with Crippen molar-refractivity contribution in [3.63, 3.8) is 0 Å². The van der Waals surface area contributed by atoms with Crippen LogP contribution in [0, 0.1) is 6.92 Å². The van der Waals surface area contributed by atoms with Crippen molar-refractivity contribution in [1.29, 1.82) is 0 Å². The van der Waals surface area contributed by atoms with Gasteiger partial charge in [-0.25, -0.2) is 8.42 Å². The van der Waals surface area contributed by atoms with Crippen LogP contribution in [0.2, 0.25) is 0 Å². The van der Waals surface area contributed by atoms with Gasteiger partial charge >= 0.3 is 6.61 Å². The van der Waals surface area contributed by atoms with Crippen LogP contribution in [0.15, 0.2) is 51.8 Å². The second-order valence-corrected chi connectivity index (χ2v) is 7.01. The summed E-state index contributed by atoms with van der Waals surface area (Å²) in [6.45, 7) is -1.33. The van der Waals surface area contributed by atoms with Crippen molar-refractivity contribution in [2.45, 2.75) is 18.4 Å². The molecule has 0 fully saturated rings. The topological polar surface area (TPSA) is 55.4 Å². The number of hydrogen-bond donors (Lipinski definition) is 1. The maximum Gasteiger partial charge on any atom is 0.387 e. The highest BCUT2D eigenvalue weighted by Gasteiger charge is 2.15. The normalized spacial score (nSPS) is 11.5. The third-order valence-electron chi connectivity index (χ3n) is 2.79. The van der Waals surface area contributed by atoms with Crippen LogP contribution in [0.3, 0.4) is 0 Å². The number of alkyl halides is 2. The third-order valence-corrected chi connectivity index (χ3v) is 4.70. The first-order chi connectivity index (χ1) is 10.3. The molecule has 0 aliphatic heterocycles. The molecule has 0 radical (unpaired) electrons. The summed E-state index contributed by atoms with van der Waals surface area (Å²) in [7, 11) is -3.75. The molecule has 0 heterocycles. The van der Waals surface area contributed by atoms with Gasteiger partial charge in [0.25, 0.3) is 10.0 Å². The van der Waals surface area contributed by atoms with Gasteiger partial charge in [-0.3, -0.25) is 4.72 Å². The summed E-state index contributed by atoms with van der Waals surface area (Å²) in [6, 6.07) is 10.1. The number of nitrogens with one attached hydrogen (secondary N) is 1. The van der Waals surface area contributed by atoms with Gasteiger partial charge in [-0.15, -0.1) is 0 Å². The SMILES string of the molecule is Cc1cc(OC(F)F)ccc1NS(=O)(=O)c1ccc(Br)cc1. The summed E-state index contributed by atoms with van der Waals surface area (Å²) < 4.78 is 56.2. The van der Waals surface area contributed by atoms with E-state index >= 15 is 0 Å². The van der Waals surface area contributed by atoms with Gasteiger partial charge in [0.05, 0.1) is 10.6 Å². The molecule has 0 saturated heterocycles. The number of anilines is 1. The van der Waals surface area contributed by atoms with Gasteiger partial charge in [0, 0.05) is 4.47 Å². The molecular formula is C14H12BrF2NO3S. The molecule has 22 heavy (non-hydrogen) atoms. The molecule has 0 aliphatic rings. The van der Waals surface area contributed by atoms with Crippen LogP contribution in [0.5, 0.6) is 5.75 Å². The number of aryl methyl sites for hydroxylation is 1. The zero-order chi connectivity index (χ0) is 16.3. The van der Waals surface area contributed by atoms with Gasteiger partial charge in [0.1, 0.15) is 5.75 Å². The van der Waals surface area contributed by atoms with Crippen LogP contribution < -0.4 is 9.46 Å². The lowest BCUT2D eigenvalue weighted by Gasteiger charge is -2.12. The lowest BCUT2D eigenvalue weighted by atomic mass is 10.2. The smallest absolute Gasteiger partial charge is 0.387 e. The highest BCUT2D eigenvalue weighted by atomic mass is 79.9. The Morgan fingerprint density at radius 3 is 2.32 bits per heavy atom. The van der Waals surface area contributed by atoms with Crippen molar-refractivity contribution >= 4 is 31.6 Å². The number of hydrogen-bond acceptors (Lipinski definition) is 3. The zero-order valence-corrected chi connectivity index (χ0v) is 13.8. The van der Waals surface area contributed by atoms with E-state index in [1.165, 1.54) is 30.3 Å². The number of benzene rings is 2. The Kier molecular flexibility index (Phi) is 5.02. The van der Waals surface area contributed by atoms with Gasteiger partial charge in [-0.1, -0.05) is 15.9 Å². The van der Waals surface area contributed by atoms with Crippen molar-refractivity contribution in [2.75, 3.05) is 4.72 Å². The highest BCUT2D eigenvalue weighted by molar-refractivity contribution is 9.10. The van der Waals surface area contributed by atoms with Crippen LogP contribution in [-0.4, -0.2) is 15.0 Å². The van der Waals surface area contributed by atoms with E-state index in [0.717, 1.165) is 4.47 Å². The Morgan fingerprint density at radius 2 is 1.77 bits per heavy atom. The molecule has 4 nitrogen and oxygen atoms in total. The van der Waals surface area contributed by atoms with Crippen molar-refractivity contribution in [2.24, 2.45) is 0 Å². The summed E-state index contributed by atoms with van der Waals surface area (Å²) in [6.07, 6.45) is 0. The fourth-order valence-electron chi connectivity index (χ4n) is 1.74. The molecular weight excluding hydrogens is 380 g/mol. The lowest BCUT2D eigenvalue weighted by molar-refractivity contribution is -0.0498. The maximum atomic E-state index is 12.3. The molecule has 2 aromatic rings. The van der Waals surface area contributed by atoms with Gasteiger partial charge < -0.3 is 4.74 Å². The van der Waals surface area contributed by atoms with Gasteiger partial charge in [0.15, 0.2) is 0 Å². The van der Waals surface area contributed by atoms with E-state index in [1.807, 2.05) is 0 Å². The molecule has 8 heteroatoms. The van der Waals surface area contributed by atoms with E-state index in [4.69, 9.17) is 0 Å². The largest absolute Gasteiger partial charge is 0.435 e. The molecule has 2 aromatic carbocycles. The van der Waals surface area contributed by atoms with Gasteiger partial charge in [0.2, 0.25) is 0 Å². The Bertz CT molecular complexity index is 764. The predicted molar refractivity (Wildman–Crippen MR) is 82.8 cm³/mol. The number of halogens is 3. The molecule has 0 aromatic heterocycles. The summed E-state index contributed by atoms with van der Waals surface area (Å²) >= 11 is 3.23. The van der Waals surface area contributed by atoms with Crippen LogP contribution in [0.4, 0.5) is 14.5 Å². The molecule has 1 N–H and O–H groups in total. The van der Waals surface area contributed by atoms with E-state index in [-0.39, 0.29) is 10.6 Å². The first-order valence-electron chi connectivity index (χ1n) is 6.12. The summed E-state index contributed by atoms with van der Waals surface area (Å²) in [5, 5.41) is 0. The minimum Gasteiger partial charge on any atom is -0.435 e. The van der Waals surface area contributed by atoms with Crippen molar-refractivity contribution < 1.29 is 21.9 Å². The fourth-order valence-corrected chi connectivity index (χ4v) is 3.14. The average molecular weight is 392 g/mol. The second kappa shape index (κ2) is 6.62. The van der Waals surface area contributed by atoms with Crippen LogP contribution in [-0.2, 0) is 10.0 Å². The van der Waals surface area contributed by atoms with E-state index in [2.05, 4.69) is 25.4 Å². The van der Waals surface area contributed by atoms with Crippen molar-refractivity contribution in [1.82, 2.24) is 0 Å². The number of sulfonamides is 1. The van der Waals surface area contributed by atoms with Crippen LogP contribution >= 0.6 is 15.9 Å². The lowest BCUT2D eigenvalue weighted by Crippen LogP contribution is -2.13. The minimum absolute atomic E-state index is 0.0286. The van der Waals surface area contributed by atoms with Crippen molar-refractivity contribution in [3.8, 4) is 5.75 Å². The van der Waals surface area contributed by atoms with Crippen LogP contribution in [0.25, 0.3) is 0 Å². The standard InChI is InChI=1S/C14H12BrF2NO3S/c1-9-8-11(21-14(16)17)4-7-13(9)18-22(19,20)12-5-2-10(15)3-6-12/h2-8,14,18H,1H3. The Morgan fingerprint density at radius 1 is 1.14 bits per heavy atom. The minimum atomic E-state index is -3.75. The molecule has 0 amide bonds. The monoisotopic (exact) mass is 391 g/mol. The summed E-state index contributed by atoms with van der Waals surface area (Å²) in [5.74, 6) is -0.0286. The first-order valence-corrected chi connectivity index (χ1v) is 8.39. The molecule has 0 spiro atoms. The summed E-state index contributed by atoms with van der Waals surface area (Å²) in [5.41, 5.74) is 0.767. The Balaban J connectivity index is 2.24. The van der Waals surface area contributed by atoms with E-state index in [9.17, 15) is 17.2 Å². The van der Waals surface area contributed by atoms with Gasteiger partial charge in [-0.05, 0) is 55.0 Å². The second-order valence-electron chi connectivity index (χ2n) is 4.41. The number of rotatable bonds is 5. The highest BCUT2D eigenvalue weighted by Crippen LogP contribution is 2.25. The third kappa shape index (κ3) is 4.17.